The molecule has 0 unspecified atom stereocenters. The molecular weight excluding hydrogens is 480 g/mol. The number of carbonyl (C=O) groups excluding carboxylic acids is 1. The monoisotopic (exact) mass is 512 g/mol. The molecule has 2 aromatic carbocycles. The van der Waals surface area contributed by atoms with Gasteiger partial charge in [-0.25, -0.2) is 14.6 Å². The van der Waals surface area contributed by atoms with E-state index >= 15 is 0 Å². The molecule has 1 saturated carbocycles. The lowest BCUT2D eigenvalue weighted by molar-refractivity contribution is -0.161. The molecule has 2 aromatic heterocycles. The quantitative estimate of drug-likeness (QED) is 0.350. The summed E-state index contributed by atoms with van der Waals surface area (Å²) < 4.78 is 9.45. The minimum Gasteiger partial charge on any atom is -0.464 e. The van der Waals surface area contributed by atoms with E-state index in [1.807, 2.05) is 31.2 Å². The van der Waals surface area contributed by atoms with Crippen LogP contribution in [-0.2, 0) is 27.9 Å². The first-order valence-corrected chi connectivity index (χ1v) is 13.5. The SMILES string of the molecule is CCCc1c(Cc2ccc(-c3ccccc3-c3nnn[nH]3)cc2)c(=O)n2n1C1CCC2(C(=O)OCC)CC1. The van der Waals surface area contributed by atoms with Gasteiger partial charge in [0.25, 0.3) is 5.56 Å². The van der Waals surface area contributed by atoms with E-state index in [-0.39, 0.29) is 17.6 Å². The van der Waals surface area contributed by atoms with Gasteiger partial charge in [-0.3, -0.25) is 9.48 Å². The molecule has 0 saturated heterocycles. The molecule has 7 rings (SSSR count). The van der Waals surface area contributed by atoms with Crippen molar-refractivity contribution in [2.45, 2.75) is 70.4 Å². The second-order valence-electron chi connectivity index (χ2n) is 10.3. The Morgan fingerprint density at radius 2 is 1.82 bits per heavy atom. The Morgan fingerprint density at radius 3 is 2.47 bits per heavy atom. The molecule has 38 heavy (non-hydrogen) atoms. The average molecular weight is 513 g/mol. The molecule has 1 aliphatic carbocycles. The summed E-state index contributed by atoms with van der Waals surface area (Å²) in [5.74, 6) is 0.352. The molecule has 0 atom stereocenters. The maximum absolute atomic E-state index is 14.0. The molecule has 0 amide bonds. The topological polar surface area (TPSA) is 108 Å². The number of H-pyrrole nitrogens is 1. The third-order valence-corrected chi connectivity index (χ3v) is 8.14. The molecule has 0 radical (unpaired) electrons. The fourth-order valence-electron chi connectivity index (χ4n) is 6.39. The van der Waals surface area contributed by atoms with Crippen LogP contribution in [0.4, 0.5) is 0 Å². The number of carbonyl (C=O) groups is 1. The summed E-state index contributed by atoms with van der Waals surface area (Å²) in [4.78, 5) is 27.2. The van der Waals surface area contributed by atoms with Crippen molar-refractivity contribution in [2.24, 2.45) is 0 Å². The van der Waals surface area contributed by atoms with E-state index in [9.17, 15) is 9.59 Å². The zero-order valence-electron chi connectivity index (χ0n) is 21.8. The Bertz CT molecular complexity index is 1510. The Hall–Kier alpha value is -4.01. The highest BCUT2D eigenvalue weighted by Gasteiger charge is 2.53. The highest BCUT2D eigenvalue weighted by atomic mass is 16.5. The Kier molecular flexibility index (Phi) is 6.21. The van der Waals surface area contributed by atoms with Gasteiger partial charge in [0.1, 0.15) is 0 Å². The van der Waals surface area contributed by atoms with Crippen molar-refractivity contribution in [3.05, 3.63) is 75.7 Å². The first-order valence-electron chi connectivity index (χ1n) is 13.5. The molecule has 2 bridgehead atoms. The number of hydrogen-bond donors (Lipinski definition) is 1. The lowest BCUT2D eigenvalue weighted by atomic mass is 9.77. The first kappa shape index (κ1) is 24.3. The predicted molar refractivity (Wildman–Crippen MR) is 143 cm³/mol. The fraction of sp³-hybridized carbons (Fsp3) is 0.414. The summed E-state index contributed by atoms with van der Waals surface area (Å²) in [5, 5.41) is 14.3. The molecule has 1 N–H and O–H groups in total. The van der Waals surface area contributed by atoms with E-state index in [1.54, 1.807) is 4.68 Å². The Labute approximate surface area is 220 Å². The minimum atomic E-state index is -0.883. The third kappa shape index (κ3) is 3.79. The van der Waals surface area contributed by atoms with Gasteiger partial charge in [0.15, 0.2) is 11.4 Å². The molecule has 2 aliphatic heterocycles. The van der Waals surface area contributed by atoms with E-state index in [2.05, 4.69) is 56.5 Å². The summed E-state index contributed by atoms with van der Waals surface area (Å²) in [6.45, 7) is 4.27. The van der Waals surface area contributed by atoms with Gasteiger partial charge < -0.3 is 4.74 Å². The molecule has 3 aliphatic rings. The zero-order valence-corrected chi connectivity index (χ0v) is 21.8. The van der Waals surface area contributed by atoms with Crippen molar-refractivity contribution in [3.8, 4) is 22.5 Å². The molecular formula is C29H32N6O3. The molecule has 4 heterocycles. The van der Waals surface area contributed by atoms with Gasteiger partial charge in [0.2, 0.25) is 0 Å². The number of fused-ring (bicyclic) bond motifs is 2. The Morgan fingerprint density at radius 1 is 1.08 bits per heavy atom. The minimum absolute atomic E-state index is 0.0434. The fourth-order valence-corrected chi connectivity index (χ4v) is 6.39. The van der Waals surface area contributed by atoms with Crippen LogP contribution in [0, 0.1) is 0 Å². The van der Waals surface area contributed by atoms with Crippen LogP contribution in [0.25, 0.3) is 22.5 Å². The van der Waals surface area contributed by atoms with Crippen molar-refractivity contribution in [2.75, 3.05) is 6.61 Å². The summed E-state index contributed by atoms with van der Waals surface area (Å²) in [7, 11) is 0. The molecule has 4 aromatic rings. The van der Waals surface area contributed by atoms with E-state index in [1.165, 1.54) is 0 Å². The van der Waals surface area contributed by atoms with Gasteiger partial charge in [-0.05, 0) is 66.1 Å². The standard InChI is InChI=1S/C29H32N6O3/c1-3-7-25-24(27(36)35-29(28(37)38-4-2)16-14-21(15-17-29)34(25)35)18-19-10-12-20(13-11-19)22-8-5-6-9-23(22)26-30-32-33-31-26/h5-6,8-13,21H,3-4,7,14-18H2,1-2H3,(H,30,31,32,33). The number of ether oxygens (including phenoxy) is 1. The van der Waals surface area contributed by atoms with Gasteiger partial charge in [0.05, 0.1) is 12.6 Å². The third-order valence-electron chi connectivity index (χ3n) is 8.14. The van der Waals surface area contributed by atoms with Crippen LogP contribution in [0.5, 0.6) is 0 Å². The maximum atomic E-state index is 14.0. The number of benzene rings is 2. The zero-order chi connectivity index (χ0) is 26.3. The van der Waals surface area contributed by atoms with Gasteiger partial charge in [-0.1, -0.05) is 61.9 Å². The molecule has 196 valence electrons. The number of tetrazole rings is 1. The predicted octanol–water partition coefficient (Wildman–Crippen LogP) is 4.43. The van der Waals surface area contributed by atoms with Gasteiger partial charge in [-0.2, -0.15) is 0 Å². The van der Waals surface area contributed by atoms with Crippen LogP contribution in [-0.4, -0.2) is 42.6 Å². The van der Waals surface area contributed by atoms with E-state index in [4.69, 9.17) is 4.74 Å². The molecule has 1 fully saturated rings. The van der Waals surface area contributed by atoms with Crippen LogP contribution in [0.15, 0.2) is 53.3 Å². The molecule has 9 heteroatoms. The number of nitrogens with zero attached hydrogens (tertiary/aromatic N) is 5. The highest BCUT2D eigenvalue weighted by Crippen LogP contribution is 2.46. The van der Waals surface area contributed by atoms with Crippen LogP contribution in [0.1, 0.15) is 68.8 Å². The second kappa shape index (κ2) is 9.70. The van der Waals surface area contributed by atoms with Crippen molar-refractivity contribution < 1.29 is 9.53 Å². The van der Waals surface area contributed by atoms with Gasteiger partial charge in [0, 0.05) is 23.2 Å². The van der Waals surface area contributed by atoms with E-state index in [0.29, 0.717) is 31.7 Å². The number of aromatic amines is 1. The molecule has 0 spiro atoms. The normalized spacial score (nSPS) is 19.9. The largest absolute Gasteiger partial charge is 0.464 e. The first-order chi connectivity index (χ1) is 18.6. The number of hydrogen-bond acceptors (Lipinski definition) is 6. The summed E-state index contributed by atoms with van der Waals surface area (Å²) in [6.07, 6.45) is 5.41. The summed E-state index contributed by atoms with van der Waals surface area (Å²) in [6, 6.07) is 16.6. The van der Waals surface area contributed by atoms with Crippen molar-refractivity contribution in [1.29, 1.82) is 0 Å². The van der Waals surface area contributed by atoms with Crippen LogP contribution < -0.4 is 5.56 Å². The Balaban J connectivity index is 1.38. The number of esters is 1. The maximum Gasteiger partial charge on any atom is 0.334 e. The lowest BCUT2D eigenvalue weighted by Gasteiger charge is -2.47. The number of aromatic nitrogens is 6. The lowest BCUT2D eigenvalue weighted by Crippen LogP contribution is -2.57. The van der Waals surface area contributed by atoms with Gasteiger partial charge >= 0.3 is 5.97 Å². The van der Waals surface area contributed by atoms with Crippen molar-refractivity contribution >= 4 is 5.97 Å². The number of rotatable bonds is 8. The summed E-state index contributed by atoms with van der Waals surface area (Å²) >= 11 is 0. The van der Waals surface area contributed by atoms with Gasteiger partial charge in [-0.15, -0.1) is 5.10 Å². The van der Waals surface area contributed by atoms with Crippen LogP contribution in [0.2, 0.25) is 0 Å². The molecule has 9 nitrogen and oxygen atoms in total. The van der Waals surface area contributed by atoms with E-state index < -0.39 is 5.54 Å². The second-order valence-corrected chi connectivity index (χ2v) is 10.3. The van der Waals surface area contributed by atoms with E-state index in [0.717, 1.165) is 59.2 Å². The smallest absolute Gasteiger partial charge is 0.334 e. The van der Waals surface area contributed by atoms with Crippen molar-refractivity contribution in [1.82, 2.24) is 30.0 Å². The highest BCUT2D eigenvalue weighted by molar-refractivity contribution is 5.80. The van der Waals surface area contributed by atoms with Crippen molar-refractivity contribution in [3.63, 3.8) is 0 Å². The van der Waals surface area contributed by atoms with Crippen LogP contribution >= 0.6 is 0 Å². The summed E-state index contributed by atoms with van der Waals surface area (Å²) in [5.41, 5.74) is 5.00. The van der Waals surface area contributed by atoms with Crippen LogP contribution in [0.3, 0.4) is 0 Å². The number of nitrogens with one attached hydrogen (secondary N) is 1. The average Bonchev–Trinajstić information content (AvgIpc) is 3.59.